The lowest BCUT2D eigenvalue weighted by molar-refractivity contribution is -0.123. The Balaban J connectivity index is 1.95. The number of nitrogens with one attached hydrogen (secondary N) is 2. The van der Waals surface area contributed by atoms with Gasteiger partial charge in [0, 0.05) is 24.5 Å². The monoisotopic (exact) mass is 361 g/mol. The first-order valence-corrected chi connectivity index (χ1v) is 7.74. The molecule has 0 unspecified atom stereocenters. The topological polar surface area (TPSA) is 97.4 Å². The standard InChI is InChI=1S/C17H16ClN3O4/c1-10(25-17(24)14-4-3-9-19-15(14)18)16(23)21-13-7-5-12(6-8-13)20-11(2)22/h3-10H,1-2H3,(H,20,22)(H,21,23)/t10-/m0/s1. The Bertz CT molecular complexity index is 793. The van der Waals surface area contributed by atoms with Gasteiger partial charge in [0.1, 0.15) is 5.15 Å². The van der Waals surface area contributed by atoms with Crippen LogP contribution in [0.15, 0.2) is 42.6 Å². The van der Waals surface area contributed by atoms with Gasteiger partial charge in [-0.25, -0.2) is 9.78 Å². The van der Waals surface area contributed by atoms with Gasteiger partial charge in [-0.3, -0.25) is 9.59 Å². The van der Waals surface area contributed by atoms with E-state index in [1.165, 1.54) is 26.1 Å². The summed E-state index contributed by atoms with van der Waals surface area (Å²) in [5.74, 6) is -1.42. The SMILES string of the molecule is CC(=O)Nc1ccc(NC(=O)[C@H](C)OC(=O)c2cccnc2Cl)cc1. The van der Waals surface area contributed by atoms with Crippen LogP contribution in [0, 0.1) is 0 Å². The number of carbonyl (C=O) groups excluding carboxylic acids is 3. The first-order chi connectivity index (χ1) is 11.9. The average molecular weight is 362 g/mol. The summed E-state index contributed by atoms with van der Waals surface area (Å²) >= 11 is 5.82. The van der Waals surface area contributed by atoms with Gasteiger partial charge in [-0.15, -0.1) is 0 Å². The largest absolute Gasteiger partial charge is 0.449 e. The van der Waals surface area contributed by atoms with Crippen molar-refractivity contribution in [3.63, 3.8) is 0 Å². The highest BCUT2D eigenvalue weighted by atomic mass is 35.5. The van der Waals surface area contributed by atoms with E-state index in [9.17, 15) is 14.4 Å². The molecule has 1 aromatic carbocycles. The molecule has 0 aliphatic carbocycles. The molecule has 0 bridgehead atoms. The van der Waals surface area contributed by atoms with E-state index < -0.39 is 18.0 Å². The van der Waals surface area contributed by atoms with Gasteiger partial charge >= 0.3 is 5.97 Å². The molecule has 130 valence electrons. The third-order valence-corrected chi connectivity index (χ3v) is 3.41. The van der Waals surface area contributed by atoms with Crippen molar-refractivity contribution in [3.8, 4) is 0 Å². The maximum absolute atomic E-state index is 12.1. The number of hydrogen-bond acceptors (Lipinski definition) is 5. The minimum atomic E-state index is -1.03. The van der Waals surface area contributed by atoms with Crippen LogP contribution in [0.25, 0.3) is 0 Å². The Morgan fingerprint density at radius 1 is 1.08 bits per heavy atom. The summed E-state index contributed by atoms with van der Waals surface area (Å²) in [6, 6.07) is 9.53. The third-order valence-electron chi connectivity index (χ3n) is 3.10. The Morgan fingerprint density at radius 2 is 1.68 bits per heavy atom. The van der Waals surface area contributed by atoms with Crippen molar-refractivity contribution in [1.82, 2.24) is 4.98 Å². The second-order valence-electron chi connectivity index (χ2n) is 5.14. The van der Waals surface area contributed by atoms with E-state index in [2.05, 4.69) is 15.6 Å². The Morgan fingerprint density at radius 3 is 2.24 bits per heavy atom. The summed E-state index contributed by atoms with van der Waals surface area (Å²) in [6.45, 7) is 2.85. The molecule has 1 atom stereocenters. The Kier molecular flexibility index (Phi) is 6.08. The summed E-state index contributed by atoms with van der Waals surface area (Å²) in [4.78, 5) is 38.9. The van der Waals surface area contributed by atoms with E-state index in [-0.39, 0.29) is 16.6 Å². The number of anilines is 2. The summed E-state index contributed by atoms with van der Waals surface area (Å²) < 4.78 is 5.10. The Labute approximate surface area is 149 Å². The third kappa shape index (κ3) is 5.29. The molecule has 0 saturated carbocycles. The average Bonchev–Trinajstić information content (AvgIpc) is 2.56. The van der Waals surface area contributed by atoms with Crippen LogP contribution >= 0.6 is 11.6 Å². The summed E-state index contributed by atoms with van der Waals surface area (Å²) in [5.41, 5.74) is 1.20. The maximum atomic E-state index is 12.1. The smallest absolute Gasteiger partial charge is 0.342 e. The number of aromatic nitrogens is 1. The van der Waals surface area contributed by atoms with Crippen molar-refractivity contribution in [2.45, 2.75) is 20.0 Å². The van der Waals surface area contributed by atoms with Crippen molar-refractivity contribution >= 4 is 40.8 Å². The highest BCUT2D eigenvalue weighted by Gasteiger charge is 2.21. The first-order valence-electron chi connectivity index (χ1n) is 7.37. The highest BCUT2D eigenvalue weighted by molar-refractivity contribution is 6.32. The van der Waals surface area contributed by atoms with Gasteiger partial charge in [0.15, 0.2) is 6.10 Å². The van der Waals surface area contributed by atoms with Crippen molar-refractivity contribution in [2.24, 2.45) is 0 Å². The molecule has 25 heavy (non-hydrogen) atoms. The van der Waals surface area contributed by atoms with Crippen LogP contribution in [0.1, 0.15) is 24.2 Å². The van der Waals surface area contributed by atoms with Gasteiger partial charge in [-0.05, 0) is 43.3 Å². The molecular formula is C17H16ClN3O4. The zero-order valence-electron chi connectivity index (χ0n) is 13.6. The van der Waals surface area contributed by atoms with E-state index in [4.69, 9.17) is 16.3 Å². The van der Waals surface area contributed by atoms with Crippen LogP contribution < -0.4 is 10.6 Å². The van der Waals surface area contributed by atoms with Gasteiger partial charge < -0.3 is 15.4 Å². The van der Waals surface area contributed by atoms with E-state index >= 15 is 0 Å². The fourth-order valence-electron chi connectivity index (χ4n) is 1.90. The van der Waals surface area contributed by atoms with Crippen LogP contribution in [-0.2, 0) is 14.3 Å². The maximum Gasteiger partial charge on any atom is 0.342 e. The number of pyridine rings is 1. The molecular weight excluding hydrogens is 346 g/mol. The van der Waals surface area contributed by atoms with Gasteiger partial charge in [0.05, 0.1) is 5.56 Å². The van der Waals surface area contributed by atoms with Crippen molar-refractivity contribution in [2.75, 3.05) is 10.6 Å². The van der Waals surface area contributed by atoms with E-state index in [0.29, 0.717) is 11.4 Å². The predicted octanol–water partition coefficient (Wildman–Crippen LogP) is 2.88. The van der Waals surface area contributed by atoms with Gasteiger partial charge in [-0.2, -0.15) is 0 Å². The summed E-state index contributed by atoms with van der Waals surface area (Å²) in [7, 11) is 0. The molecule has 0 radical (unpaired) electrons. The predicted molar refractivity (Wildman–Crippen MR) is 93.5 cm³/mol. The molecule has 2 amide bonds. The van der Waals surface area contributed by atoms with Gasteiger partial charge in [-0.1, -0.05) is 11.6 Å². The van der Waals surface area contributed by atoms with E-state index in [1.807, 2.05) is 0 Å². The van der Waals surface area contributed by atoms with Crippen LogP contribution in [0.2, 0.25) is 5.15 Å². The number of carbonyl (C=O) groups is 3. The molecule has 2 rings (SSSR count). The number of ether oxygens (including phenoxy) is 1. The molecule has 0 fully saturated rings. The van der Waals surface area contributed by atoms with Crippen molar-refractivity contribution in [3.05, 3.63) is 53.3 Å². The van der Waals surface area contributed by atoms with Gasteiger partial charge in [0.2, 0.25) is 5.91 Å². The van der Waals surface area contributed by atoms with Crippen LogP contribution in [0.4, 0.5) is 11.4 Å². The minimum absolute atomic E-state index is 0.00803. The van der Waals surface area contributed by atoms with Crippen LogP contribution in [-0.4, -0.2) is 28.9 Å². The summed E-state index contributed by atoms with van der Waals surface area (Å²) in [6.07, 6.45) is 0.415. The lowest BCUT2D eigenvalue weighted by Crippen LogP contribution is -2.30. The molecule has 8 heteroatoms. The Hall–Kier alpha value is -2.93. The second-order valence-corrected chi connectivity index (χ2v) is 5.50. The zero-order chi connectivity index (χ0) is 18.4. The molecule has 7 nitrogen and oxygen atoms in total. The van der Waals surface area contributed by atoms with E-state index in [1.54, 1.807) is 30.3 Å². The molecule has 0 aliphatic heterocycles. The van der Waals surface area contributed by atoms with Gasteiger partial charge in [0.25, 0.3) is 5.91 Å². The molecule has 0 spiro atoms. The first kappa shape index (κ1) is 18.4. The molecule has 1 aromatic heterocycles. The second kappa shape index (κ2) is 8.25. The zero-order valence-corrected chi connectivity index (χ0v) is 14.3. The normalized spacial score (nSPS) is 11.3. The quantitative estimate of drug-likeness (QED) is 0.630. The van der Waals surface area contributed by atoms with E-state index in [0.717, 1.165) is 0 Å². The fourth-order valence-corrected chi connectivity index (χ4v) is 2.10. The van der Waals surface area contributed by atoms with Crippen molar-refractivity contribution < 1.29 is 19.1 Å². The summed E-state index contributed by atoms with van der Waals surface area (Å²) in [5, 5.41) is 5.24. The van der Waals surface area contributed by atoms with Crippen LogP contribution in [0.5, 0.6) is 0 Å². The molecule has 0 saturated heterocycles. The fraction of sp³-hybridized carbons (Fsp3) is 0.176. The number of amides is 2. The lowest BCUT2D eigenvalue weighted by atomic mass is 10.2. The number of rotatable bonds is 5. The lowest BCUT2D eigenvalue weighted by Gasteiger charge is -2.14. The number of hydrogen-bond donors (Lipinski definition) is 2. The number of nitrogens with zero attached hydrogens (tertiary/aromatic N) is 1. The molecule has 2 aromatic rings. The minimum Gasteiger partial charge on any atom is -0.449 e. The molecule has 1 heterocycles. The number of esters is 1. The molecule has 2 N–H and O–H groups in total. The van der Waals surface area contributed by atoms with Crippen LogP contribution in [0.3, 0.4) is 0 Å². The molecule has 0 aliphatic rings. The number of benzene rings is 1. The highest BCUT2D eigenvalue weighted by Crippen LogP contribution is 2.16. The number of halogens is 1. The van der Waals surface area contributed by atoms with Crippen molar-refractivity contribution in [1.29, 1.82) is 0 Å².